The third-order valence-electron chi connectivity index (χ3n) is 3.64. The first-order valence-electron chi connectivity index (χ1n) is 7.15. The van der Waals surface area contributed by atoms with E-state index in [0.717, 1.165) is 31.7 Å². The number of furan rings is 1. The van der Waals surface area contributed by atoms with Gasteiger partial charge >= 0.3 is 0 Å². The molecule has 0 N–H and O–H groups in total. The monoisotopic (exact) mass is 272 g/mol. The maximum absolute atomic E-state index is 5.99. The van der Waals surface area contributed by atoms with E-state index in [0.29, 0.717) is 12.7 Å². The van der Waals surface area contributed by atoms with Gasteiger partial charge in [0.1, 0.15) is 0 Å². The van der Waals surface area contributed by atoms with Gasteiger partial charge in [-0.1, -0.05) is 6.07 Å². The Morgan fingerprint density at radius 3 is 3.15 bits per heavy atom. The standard InChI is InChI=1S/C16H20N2O2/c1-2-7-17-15(4-1)13-20-16-5-3-8-18(11-16)10-14-6-9-19-12-14/h1-2,4,6-7,9,12,16H,3,5,8,10-11,13H2. The second-order valence-electron chi connectivity index (χ2n) is 5.26. The van der Waals surface area contributed by atoms with Crippen molar-refractivity contribution in [1.29, 1.82) is 0 Å². The van der Waals surface area contributed by atoms with Crippen molar-refractivity contribution in [2.24, 2.45) is 0 Å². The molecule has 4 nitrogen and oxygen atoms in total. The van der Waals surface area contributed by atoms with Crippen LogP contribution in [0.25, 0.3) is 0 Å². The molecule has 3 heterocycles. The molecule has 1 fully saturated rings. The first-order chi connectivity index (χ1) is 9.90. The van der Waals surface area contributed by atoms with Crippen LogP contribution >= 0.6 is 0 Å². The Balaban J connectivity index is 1.48. The van der Waals surface area contributed by atoms with Crippen LogP contribution < -0.4 is 0 Å². The summed E-state index contributed by atoms with van der Waals surface area (Å²) in [7, 11) is 0. The lowest BCUT2D eigenvalue weighted by atomic mass is 10.1. The van der Waals surface area contributed by atoms with Gasteiger partial charge in [-0.15, -0.1) is 0 Å². The van der Waals surface area contributed by atoms with Gasteiger partial charge in [-0.3, -0.25) is 9.88 Å². The fraction of sp³-hybridized carbons (Fsp3) is 0.438. The normalized spacial score (nSPS) is 20.1. The molecular formula is C16H20N2O2. The van der Waals surface area contributed by atoms with Crippen molar-refractivity contribution in [2.45, 2.75) is 32.1 Å². The summed E-state index contributed by atoms with van der Waals surface area (Å²) in [6, 6.07) is 7.96. The van der Waals surface area contributed by atoms with Crippen molar-refractivity contribution in [2.75, 3.05) is 13.1 Å². The van der Waals surface area contributed by atoms with Crippen molar-refractivity contribution in [1.82, 2.24) is 9.88 Å². The minimum atomic E-state index is 0.303. The van der Waals surface area contributed by atoms with E-state index in [-0.39, 0.29) is 0 Å². The van der Waals surface area contributed by atoms with Crippen LogP contribution in [0.1, 0.15) is 24.1 Å². The lowest BCUT2D eigenvalue weighted by Crippen LogP contribution is -2.39. The molecule has 2 aromatic heterocycles. The van der Waals surface area contributed by atoms with E-state index in [1.807, 2.05) is 36.7 Å². The molecule has 0 bridgehead atoms. The van der Waals surface area contributed by atoms with Crippen LogP contribution in [0.3, 0.4) is 0 Å². The minimum Gasteiger partial charge on any atom is -0.472 e. The number of likely N-dealkylation sites (tertiary alicyclic amines) is 1. The Labute approximate surface area is 119 Å². The number of rotatable bonds is 5. The molecule has 0 aliphatic carbocycles. The van der Waals surface area contributed by atoms with E-state index < -0.39 is 0 Å². The highest BCUT2D eigenvalue weighted by molar-refractivity contribution is 5.05. The molecular weight excluding hydrogens is 252 g/mol. The van der Waals surface area contributed by atoms with E-state index in [1.165, 1.54) is 12.0 Å². The predicted molar refractivity (Wildman–Crippen MR) is 76.0 cm³/mol. The third-order valence-corrected chi connectivity index (χ3v) is 3.64. The van der Waals surface area contributed by atoms with Crippen molar-refractivity contribution in [3.63, 3.8) is 0 Å². The molecule has 0 aromatic carbocycles. The molecule has 1 unspecified atom stereocenters. The Morgan fingerprint density at radius 1 is 1.35 bits per heavy atom. The van der Waals surface area contributed by atoms with E-state index in [1.54, 1.807) is 6.26 Å². The number of piperidine rings is 1. The van der Waals surface area contributed by atoms with Gasteiger partial charge in [0.05, 0.1) is 30.9 Å². The highest BCUT2D eigenvalue weighted by Gasteiger charge is 2.20. The average molecular weight is 272 g/mol. The third kappa shape index (κ3) is 3.68. The number of nitrogens with zero attached hydrogens (tertiary/aromatic N) is 2. The van der Waals surface area contributed by atoms with Crippen molar-refractivity contribution >= 4 is 0 Å². The summed E-state index contributed by atoms with van der Waals surface area (Å²) in [4.78, 5) is 6.72. The summed E-state index contributed by atoms with van der Waals surface area (Å²) < 4.78 is 11.1. The van der Waals surface area contributed by atoms with Crippen LogP contribution in [0.2, 0.25) is 0 Å². The molecule has 1 aliphatic rings. The molecule has 0 saturated carbocycles. The molecule has 4 heteroatoms. The van der Waals surface area contributed by atoms with Gasteiger partial charge in [-0.25, -0.2) is 0 Å². The fourth-order valence-electron chi connectivity index (χ4n) is 2.62. The SMILES string of the molecule is c1ccc(COC2CCCN(Cc3ccoc3)C2)nc1. The van der Waals surface area contributed by atoms with E-state index in [9.17, 15) is 0 Å². The zero-order valence-corrected chi connectivity index (χ0v) is 11.6. The molecule has 1 aliphatic heterocycles. The molecule has 0 spiro atoms. The Kier molecular flexibility index (Phi) is 4.46. The zero-order chi connectivity index (χ0) is 13.6. The zero-order valence-electron chi connectivity index (χ0n) is 11.6. The average Bonchev–Trinajstić information content (AvgIpc) is 3.00. The summed E-state index contributed by atoms with van der Waals surface area (Å²) in [5.74, 6) is 0. The molecule has 1 saturated heterocycles. The van der Waals surface area contributed by atoms with Gasteiger partial charge in [-0.2, -0.15) is 0 Å². The summed E-state index contributed by atoms with van der Waals surface area (Å²) >= 11 is 0. The van der Waals surface area contributed by atoms with E-state index in [2.05, 4.69) is 9.88 Å². The Morgan fingerprint density at radius 2 is 2.35 bits per heavy atom. The van der Waals surface area contributed by atoms with Crippen molar-refractivity contribution in [3.8, 4) is 0 Å². The quantitative estimate of drug-likeness (QED) is 0.839. The van der Waals surface area contributed by atoms with Gasteiger partial charge in [0.15, 0.2) is 0 Å². The first-order valence-corrected chi connectivity index (χ1v) is 7.15. The summed E-state index contributed by atoms with van der Waals surface area (Å²) in [5, 5.41) is 0. The summed E-state index contributed by atoms with van der Waals surface area (Å²) in [5.41, 5.74) is 2.23. The lowest BCUT2D eigenvalue weighted by molar-refractivity contribution is -0.0133. The lowest BCUT2D eigenvalue weighted by Gasteiger charge is -2.32. The number of aromatic nitrogens is 1. The van der Waals surface area contributed by atoms with Crippen LogP contribution in [-0.4, -0.2) is 29.1 Å². The van der Waals surface area contributed by atoms with E-state index in [4.69, 9.17) is 9.15 Å². The number of hydrogen-bond acceptors (Lipinski definition) is 4. The summed E-state index contributed by atoms with van der Waals surface area (Å²) in [6.07, 6.45) is 7.98. The second kappa shape index (κ2) is 6.68. The minimum absolute atomic E-state index is 0.303. The summed E-state index contributed by atoms with van der Waals surface area (Å²) in [6.45, 7) is 3.66. The van der Waals surface area contributed by atoms with Crippen molar-refractivity contribution in [3.05, 3.63) is 54.2 Å². The maximum Gasteiger partial charge on any atom is 0.0947 e. The van der Waals surface area contributed by atoms with Crippen LogP contribution in [0.15, 0.2) is 47.4 Å². The molecule has 0 radical (unpaired) electrons. The van der Waals surface area contributed by atoms with Crippen LogP contribution in [0, 0.1) is 0 Å². The first kappa shape index (κ1) is 13.3. The molecule has 1 atom stereocenters. The predicted octanol–water partition coefficient (Wildman–Crippen LogP) is 2.86. The molecule has 20 heavy (non-hydrogen) atoms. The number of hydrogen-bond donors (Lipinski definition) is 0. The molecule has 0 amide bonds. The van der Waals surface area contributed by atoms with Crippen LogP contribution in [0.5, 0.6) is 0 Å². The van der Waals surface area contributed by atoms with Gasteiger partial charge in [0.2, 0.25) is 0 Å². The van der Waals surface area contributed by atoms with E-state index >= 15 is 0 Å². The van der Waals surface area contributed by atoms with Gasteiger partial charge in [0.25, 0.3) is 0 Å². The van der Waals surface area contributed by atoms with Crippen LogP contribution in [-0.2, 0) is 17.9 Å². The van der Waals surface area contributed by atoms with Gasteiger partial charge in [0, 0.05) is 24.8 Å². The van der Waals surface area contributed by atoms with Gasteiger partial charge < -0.3 is 9.15 Å². The molecule has 3 rings (SSSR count). The number of ether oxygens (including phenoxy) is 1. The number of pyridine rings is 1. The highest BCUT2D eigenvalue weighted by Crippen LogP contribution is 2.17. The smallest absolute Gasteiger partial charge is 0.0947 e. The fourth-order valence-corrected chi connectivity index (χ4v) is 2.62. The topological polar surface area (TPSA) is 38.5 Å². The van der Waals surface area contributed by atoms with Crippen molar-refractivity contribution < 1.29 is 9.15 Å². The second-order valence-corrected chi connectivity index (χ2v) is 5.26. The largest absolute Gasteiger partial charge is 0.472 e. The Hall–Kier alpha value is -1.65. The maximum atomic E-state index is 5.99. The van der Waals surface area contributed by atoms with Crippen LogP contribution in [0.4, 0.5) is 0 Å². The Bertz CT molecular complexity index is 498. The molecule has 106 valence electrons. The van der Waals surface area contributed by atoms with Gasteiger partial charge in [-0.05, 0) is 37.6 Å². The molecule has 2 aromatic rings. The highest BCUT2D eigenvalue weighted by atomic mass is 16.5.